The molecule has 0 spiro atoms. The van der Waals surface area contributed by atoms with Gasteiger partial charge < -0.3 is 10.2 Å². The van der Waals surface area contributed by atoms with Crippen LogP contribution < -0.4 is 5.32 Å². The van der Waals surface area contributed by atoms with E-state index in [1.807, 2.05) is 32.7 Å². The van der Waals surface area contributed by atoms with E-state index in [4.69, 9.17) is 0 Å². The first kappa shape index (κ1) is 14.4. The fourth-order valence-corrected chi connectivity index (χ4v) is 1.77. The Kier molecular flexibility index (Phi) is 5.88. The first-order chi connectivity index (χ1) is 6.86. The largest absolute Gasteiger partial charge is 0.341 e. The van der Waals surface area contributed by atoms with E-state index in [1.165, 1.54) is 0 Å². The van der Waals surface area contributed by atoms with Crippen LogP contribution >= 0.6 is 0 Å². The third-order valence-corrected chi connectivity index (χ3v) is 2.84. The smallest absolute Gasteiger partial charge is 0.242 e. The van der Waals surface area contributed by atoms with Gasteiger partial charge in [0, 0.05) is 13.1 Å². The molecule has 0 aliphatic heterocycles. The van der Waals surface area contributed by atoms with Crippen LogP contribution in [-0.2, 0) is 4.79 Å². The van der Waals surface area contributed by atoms with Gasteiger partial charge >= 0.3 is 0 Å². The molecule has 0 aromatic carbocycles. The van der Waals surface area contributed by atoms with Crippen LogP contribution in [0.25, 0.3) is 0 Å². The van der Waals surface area contributed by atoms with Crippen LogP contribution in [0.15, 0.2) is 0 Å². The number of nitrogens with zero attached hydrogens (tertiary/aromatic N) is 1. The van der Waals surface area contributed by atoms with Crippen LogP contribution in [0.4, 0.5) is 0 Å². The quantitative estimate of drug-likeness (QED) is 0.733. The van der Waals surface area contributed by atoms with Gasteiger partial charge in [0.15, 0.2) is 0 Å². The van der Waals surface area contributed by atoms with Crippen molar-refractivity contribution in [3.63, 3.8) is 0 Å². The molecule has 0 bridgehead atoms. The minimum absolute atomic E-state index is 0.172. The topological polar surface area (TPSA) is 32.3 Å². The van der Waals surface area contributed by atoms with E-state index >= 15 is 0 Å². The number of carbonyl (C=O) groups excluding carboxylic acids is 1. The first-order valence-corrected chi connectivity index (χ1v) is 5.89. The summed E-state index contributed by atoms with van der Waals surface area (Å²) < 4.78 is 0. The van der Waals surface area contributed by atoms with E-state index < -0.39 is 5.54 Å². The lowest BCUT2D eigenvalue weighted by Gasteiger charge is -2.33. The second-order valence-corrected chi connectivity index (χ2v) is 4.71. The second-order valence-electron chi connectivity index (χ2n) is 4.71. The predicted molar refractivity (Wildman–Crippen MR) is 64.9 cm³/mol. The number of likely N-dealkylation sites (N-methyl/N-ethyl adjacent to an activating group) is 2. The van der Waals surface area contributed by atoms with Crippen molar-refractivity contribution in [3.8, 4) is 0 Å². The van der Waals surface area contributed by atoms with Crippen LogP contribution in [0.2, 0.25) is 0 Å². The summed E-state index contributed by atoms with van der Waals surface area (Å²) >= 11 is 0. The molecule has 90 valence electrons. The van der Waals surface area contributed by atoms with Crippen LogP contribution in [0.1, 0.15) is 47.5 Å². The van der Waals surface area contributed by atoms with Crippen molar-refractivity contribution in [2.45, 2.75) is 59.0 Å². The van der Waals surface area contributed by atoms with Crippen molar-refractivity contribution < 1.29 is 4.79 Å². The van der Waals surface area contributed by atoms with E-state index in [-0.39, 0.29) is 5.91 Å². The van der Waals surface area contributed by atoms with Crippen molar-refractivity contribution >= 4 is 5.91 Å². The SMILES string of the molecule is CCCC(C)N(C)C(=O)C(C)(C)NCC. The van der Waals surface area contributed by atoms with E-state index in [0.717, 1.165) is 19.4 Å². The van der Waals surface area contributed by atoms with Gasteiger partial charge in [0.25, 0.3) is 0 Å². The van der Waals surface area contributed by atoms with Gasteiger partial charge in [0.1, 0.15) is 0 Å². The monoisotopic (exact) mass is 214 g/mol. The van der Waals surface area contributed by atoms with Crippen LogP contribution in [-0.4, -0.2) is 36.0 Å². The molecule has 1 unspecified atom stereocenters. The summed E-state index contributed by atoms with van der Waals surface area (Å²) in [5, 5.41) is 3.21. The first-order valence-electron chi connectivity index (χ1n) is 5.89. The summed E-state index contributed by atoms with van der Waals surface area (Å²) in [6.45, 7) is 11.0. The Labute approximate surface area is 94.2 Å². The molecule has 1 atom stereocenters. The van der Waals surface area contributed by atoms with E-state index in [9.17, 15) is 4.79 Å². The maximum absolute atomic E-state index is 12.1. The molecule has 0 saturated carbocycles. The van der Waals surface area contributed by atoms with Crippen molar-refractivity contribution in [1.82, 2.24) is 10.2 Å². The number of nitrogens with one attached hydrogen (secondary N) is 1. The van der Waals surface area contributed by atoms with Crippen molar-refractivity contribution in [1.29, 1.82) is 0 Å². The maximum Gasteiger partial charge on any atom is 0.242 e. The lowest BCUT2D eigenvalue weighted by molar-refractivity contribution is -0.137. The lowest BCUT2D eigenvalue weighted by Crippen LogP contribution is -2.54. The third-order valence-electron chi connectivity index (χ3n) is 2.84. The van der Waals surface area contributed by atoms with E-state index in [2.05, 4.69) is 19.2 Å². The van der Waals surface area contributed by atoms with Gasteiger partial charge in [-0.25, -0.2) is 0 Å². The zero-order valence-corrected chi connectivity index (χ0v) is 11.1. The molecule has 0 aromatic heterocycles. The standard InChI is InChI=1S/C12H26N2O/c1-7-9-10(3)14(6)11(15)12(4,5)13-8-2/h10,13H,7-9H2,1-6H3. The highest BCUT2D eigenvalue weighted by Gasteiger charge is 2.30. The Morgan fingerprint density at radius 3 is 2.33 bits per heavy atom. The molecule has 1 N–H and O–H groups in total. The predicted octanol–water partition coefficient (Wildman–Crippen LogP) is 2.02. The average Bonchev–Trinajstić information content (AvgIpc) is 2.15. The van der Waals surface area contributed by atoms with E-state index in [1.54, 1.807) is 0 Å². The molecule has 1 amide bonds. The number of carbonyl (C=O) groups is 1. The van der Waals surface area contributed by atoms with Crippen LogP contribution in [0, 0.1) is 0 Å². The lowest BCUT2D eigenvalue weighted by atomic mass is 10.0. The van der Waals surface area contributed by atoms with Gasteiger partial charge in [-0.15, -0.1) is 0 Å². The fourth-order valence-electron chi connectivity index (χ4n) is 1.77. The minimum atomic E-state index is -0.453. The van der Waals surface area contributed by atoms with Crippen molar-refractivity contribution in [3.05, 3.63) is 0 Å². The highest BCUT2D eigenvalue weighted by molar-refractivity contribution is 5.85. The molecule has 15 heavy (non-hydrogen) atoms. The van der Waals surface area contributed by atoms with Gasteiger partial charge in [-0.05, 0) is 33.7 Å². The average molecular weight is 214 g/mol. The molecule has 0 rings (SSSR count). The molecule has 0 radical (unpaired) electrons. The van der Waals surface area contributed by atoms with Crippen molar-refractivity contribution in [2.75, 3.05) is 13.6 Å². The molecule has 3 nitrogen and oxygen atoms in total. The summed E-state index contributed by atoms with van der Waals surface area (Å²) in [5.41, 5.74) is -0.453. The number of rotatable bonds is 6. The Morgan fingerprint density at radius 1 is 1.40 bits per heavy atom. The van der Waals surface area contributed by atoms with Crippen LogP contribution in [0.5, 0.6) is 0 Å². The number of hydrogen-bond acceptors (Lipinski definition) is 2. The molecule has 0 aromatic rings. The highest BCUT2D eigenvalue weighted by Crippen LogP contribution is 2.12. The van der Waals surface area contributed by atoms with Gasteiger partial charge in [-0.3, -0.25) is 4.79 Å². The normalized spacial score (nSPS) is 13.7. The summed E-state index contributed by atoms with van der Waals surface area (Å²) in [7, 11) is 1.89. The third kappa shape index (κ3) is 4.20. The Balaban J connectivity index is 4.42. The summed E-state index contributed by atoms with van der Waals surface area (Å²) in [6, 6.07) is 0.320. The molecule has 0 aliphatic carbocycles. The van der Waals surface area contributed by atoms with Gasteiger partial charge in [-0.2, -0.15) is 0 Å². The second kappa shape index (κ2) is 6.11. The Morgan fingerprint density at radius 2 is 1.93 bits per heavy atom. The zero-order chi connectivity index (χ0) is 12.1. The zero-order valence-electron chi connectivity index (χ0n) is 11.1. The fraction of sp³-hybridized carbons (Fsp3) is 0.917. The number of amides is 1. The molecule has 0 heterocycles. The Bertz CT molecular complexity index is 202. The molecule has 0 saturated heterocycles. The summed E-state index contributed by atoms with van der Waals surface area (Å²) in [5.74, 6) is 0.172. The molecule has 0 aliphatic rings. The maximum atomic E-state index is 12.1. The van der Waals surface area contributed by atoms with Gasteiger partial charge in [0.05, 0.1) is 5.54 Å². The molecular formula is C12H26N2O. The van der Waals surface area contributed by atoms with E-state index in [0.29, 0.717) is 6.04 Å². The molecule has 3 heteroatoms. The van der Waals surface area contributed by atoms with Crippen LogP contribution in [0.3, 0.4) is 0 Å². The minimum Gasteiger partial charge on any atom is -0.341 e. The highest BCUT2D eigenvalue weighted by atomic mass is 16.2. The Hall–Kier alpha value is -0.570. The number of hydrogen-bond donors (Lipinski definition) is 1. The molecule has 0 fully saturated rings. The van der Waals surface area contributed by atoms with Gasteiger partial charge in [0.2, 0.25) is 5.91 Å². The summed E-state index contributed by atoms with van der Waals surface area (Å²) in [6.07, 6.45) is 2.17. The summed E-state index contributed by atoms with van der Waals surface area (Å²) in [4.78, 5) is 14.0. The molecular weight excluding hydrogens is 188 g/mol. The van der Waals surface area contributed by atoms with Crippen molar-refractivity contribution in [2.24, 2.45) is 0 Å². The van der Waals surface area contributed by atoms with Gasteiger partial charge in [-0.1, -0.05) is 20.3 Å².